The van der Waals surface area contributed by atoms with Crippen LogP contribution in [-0.2, 0) is 0 Å². The van der Waals surface area contributed by atoms with E-state index in [1.54, 1.807) is 0 Å². The lowest BCUT2D eigenvalue weighted by Crippen LogP contribution is -2.43. The highest BCUT2D eigenvalue weighted by Gasteiger charge is 2.07. The molecule has 0 aliphatic heterocycles. The van der Waals surface area contributed by atoms with Gasteiger partial charge in [0.25, 0.3) is 0 Å². The summed E-state index contributed by atoms with van der Waals surface area (Å²) in [5.41, 5.74) is 0. The molecular weight excluding hydrogens is 162 g/mol. The molecule has 0 unspecified atom stereocenters. The van der Waals surface area contributed by atoms with Crippen LogP contribution in [0.1, 0.15) is 20.3 Å². The Kier molecular flexibility index (Phi) is 7.23. The number of hydrazine groups is 1. The lowest BCUT2D eigenvalue weighted by molar-refractivity contribution is 0.000575. The number of nitrogens with zero attached hydrogens (tertiary/aromatic N) is 3. The summed E-state index contributed by atoms with van der Waals surface area (Å²) in [7, 11) is 6.40. The summed E-state index contributed by atoms with van der Waals surface area (Å²) in [5.74, 6) is 0. The van der Waals surface area contributed by atoms with E-state index in [4.69, 9.17) is 0 Å². The van der Waals surface area contributed by atoms with Gasteiger partial charge in [-0.1, -0.05) is 13.8 Å². The molecule has 0 aromatic carbocycles. The van der Waals surface area contributed by atoms with E-state index in [-0.39, 0.29) is 0 Å². The van der Waals surface area contributed by atoms with Crippen LogP contribution in [0.5, 0.6) is 0 Å². The Labute approximate surface area is 83.3 Å². The minimum atomic E-state index is 1.11. The summed E-state index contributed by atoms with van der Waals surface area (Å²) >= 11 is 0. The smallest absolute Gasteiger partial charge is 0.0257 e. The first-order valence-electron chi connectivity index (χ1n) is 5.22. The van der Waals surface area contributed by atoms with Crippen molar-refractivity contribution in [2.24, 2.45) is 0 Å². The third-order valence-corrected chi connectivity index (χ3v) is 2.20. The molecule has 0 heterocycles. The average molecular weight is 187 g/mol. The number of likely N-dealkylation sites (N-methyl/N-ethyl adjacent to an activating group) is 2. The summed E-state index contributed by atoms with van der Waals surface area (Å²) in [6.45, 7) is 8.94. The van der Waals surface area contributed by atoms with Gasteiger partial charge in [0.15, 0.2) is 0 Å². The highest BCUT2D eigenvalue weighted by molar-refractivity contribution is 4.53. The van der Waals surface area contributed by atoms with E-state index in [0.717, 1.165) is 19.6 Å². The molecular formula is C10H25N3. The first-order valence-corrected chi connectivity index (χ1v) is 5.22. The maximum atomic E-state index is 2.39. The van der Waals surface area contributed by atoms with Crippen molar-refractivity contribution >= 4 is 0 Å². The first kappa shape index (κ1) is 12.9. The minimum absolute atomic E-state index is 1.11. The van der Waals surface area contributed by atoms with Crippen molar-refractivity contribution in [1.29, 1.82) is 0 Å². The summed E-state index contributed by atoms with van der Waals surface area (Å²) in [6, 6.07) is 0. The predicted octanol–water partition coefficient (Wildman–Crippen LogP) is 1.13. The molecule has 0 aliphatic carbocycles. The van der Waals surface area contributed by atoms with Crippen LogP contribution in [0.4, 0.5) is 0 Å². The lowest BCUT2D eigenvalue weighted by Gasteiger charge is -2.31. The molecule has 0 spiro atoms. The number of hydrogen-bond acceptors (Lipinski definition) is 3. The van der Waals surface area contributed by atoms with E-state index in [0.29, 0.717) is 0 Å². The van der Waals surface area contributed by atoms with Gasteiger partial charge in [0, 0.05) is 33.2 Å². The van der Waals surface area contributed by atoms with E-state index in [1.807, 2.05) is 0 Å². The first-order chi connectivity index (χ1) is 6.11. The Balaban J connectivity index is 3.69. The molecule has 0 saturated heterocycles. The molecule has 80 valence electrons. The second-order valence-electron chi connectivity index (χ2n) is 3.73. The topological polar surface area (TPSA) is 9.72 Å². The van der Waals surface area contributed by atoms with E-state index >= 15 is 0 Å². The van der Waals surface area contributed by atoms with Crippen molar-refractivity contribution in [1.82, 2.24) is 14.9 Å². The SMILES string of the molecule is CCCN(CC)N(C)CCN(C)C. The molecule has 0 atom stereocenters. The molecule has 3 nitrogen and oxygen atoms in total. The van der Waals surface area contributed by atoms with Crippen LogP contribution in [0.2, 0.25) is 0 Å². The normalized spacial score (nSPS) is 12.0. The molecule has 0 aliphatic rings. The average Bonchev–Trinajstić information content (AvgIpc) is 2.10. The third-order valence-electron chi connectivity index (χ3n) is 2.20. The Morgan fingerprint density at radius 1 is 0.846 bits per heavy atom. The van der Waals surface area contributed by atoms with Gasteiger partial charge in [0.2, 0.25) is 0 Å². The predicted molar refractivity (Wildman–Crippen MR) is 58.7 cm³/mol. The van der Waals surface area contributed by atoms with Crippen LogP contribution < -0.4 is 0 Å². The quantitative estimate of drug-likeness (QED) is 0.553. The standard InChI is InChI=1S/C10H25N3/c1-6-8-13(7-2)12(5)10-9-11(3)4/h6-10H2,1-5H3. The molecule has 0 N–H and O–H groups in total. The fourth-order valence-electron chi connectivity index (χ4n) is 1.31. The van der Waals surface area contributed by atoms with Crippen LogP contribution >= 0.6 is 0 Å². The van der Waals surface area contributed by atoms with E-state index in [2.05, 4.69) is 49.9 Å². The van der Waals surface area contributed by atoms with E-state index in [9.17, 15) is 0 Å². The summed E-state index contributed by atoms with van der Waals surface area (Å²) < 4.78 is 0. The van der Waals surface area contributed by atoms with Crippen LogP contribution in [0, 0.1) is 0 Å². The monoisotopic (exact) mass is 187 g/mol. The summed E-state index contributed by atoms with van der Waals surface area (Å²) in [4.78, 5) is 2.22. The summed E-state index contributed by atoms with van der Waals surface area (Å²) in [6.07, 6.45) is 1.22. The largest absolute Gasteiger partial charge is 0.308 e. The Morgan fingerprint density at radius 2 is 1.46 bits per heavy atom. The molecule has 0 saturated carbocycles. The van der Waals surface area contributed by atoms with Crippen molar-refractivity contribution in [3.63, 3.8) is 0 Å². The van der Waals surface area contributed by atoms with Gasteiger partial charge in [-0.25, -0.2) is 10.0 Å². The van der Waals surface area contributed by atoms with Crippen LogP contribution in [0.3, 0.4) is 0 Å². The Morgan fingerprint density at radius 3 is 1.85 bits per heavy atom. The molecule has 0 fully saturated rings. The van der Waals surface area contributed by atoms with Crippen molar-refractivity contribution in [2.45, 2.75) is 20.3 Å². The minimum Gasteiger partial charge on any atom is -0.308 e. The lowest BCUT2D eigenvalue weighted by atomic mass is 10.4. The second-order valence-corrected chi connectivity index (χ2v) is 3.73. The fourth-order valence-corrected chi connectivity index (χ4v) is 1.31. The zero-order chi connectivity index (χ0) is 10.3. The van der Waals surface area contributed by atoms with Crippen LogP contribution in [0.25, 0.3) is 0 Å². The van der Waals surface area contributed by atoms with Crippen molar-refractivity contribution in [2.75, 3.05) is 47.3 Å². The van der Waals surface area contributed by atoms with Gasteiger partial charge in [0.05, 0.1) is 0 Å². The summed E-state index contributed by atoms with van der Waals surface area (Å²) in [5, 5.41) is 4.72. The van der Waals surface area contributed by atoms with E-state index < -0.39 is 0 Å². The highest BCUT2D eigenvalue weighted by atomic mass is 15.6. The Hall–Kier alpha value is -0.120. The fraction of sp³-hybridized carbons (Fsp3) is 1.00. The second kappa shape index (κ2) is 7.30. The molecule has 0 aromatic rings. The van der Waals surface area contributed by atoms with Gasteiger partial charge >= 0.3 is 0 Å². The van der Waals surface area contributed by atoms with Crippen molar-refractivity contribution in [3.8, 4) is 0 Å². The molecule has 3 heteroatoms. The molecule has 0 radical (unpaired) electrons. The Bertz CT molecular complexity index is 115. The van der Waals surface area contributed by atoms with Gasteiger partial charge in [-0.3, -0.25) is 0 Å². The van der Waals surface area contributed by atoms with Gasteiger partial charge in [-0.15, -0.1) is 0 Å². The molecule has 0 rings (SSSR count). The van der Waals surface area contributed by atoms with Gasteiger partial charge in [-0.05, 0) is 20.5 Å². The zero-order valence-electron chi connectivity index (χ0n) is 9.88. The van der Waals surface area contributed by atoms with Gasteiger partial charge in [-0.2, -0.15) is 0 Å². The number of hydrogen-bond donors (Lipinski definition) is 0. The molecule has 13 heavy (non-hydrogen) atoms. The molecule has 0 bridgehead atoms. The zero-order valence-corrected chi connectivity index (χ0v) is 9.88. The number of rotatable bonds is 7. The maximum Gasteiger partial charge on any atom is 0.0257 e. The maximum absolute atomic E-state index is 2.39. The third kappa shape index (κ3) is 6.02. The van der Waals surface area contributed by atoms with Crippen LogP contribution in [0.15, 0.2) is 0 Å². The van der Waals surface area contributed by atoms with Crippen molar-refractivity contribution in [3.05, 3.63) is 0 Å². The molecule has 0 aromatic heterocycles. The highest BCUT2D eigenvalue weighted by Crippen LogP contribution is 1.96. The van der Waals surface area contributed by atoms with Gasteiger partial charge < -0.3 is 4.90 Å². The van der Waals surface area contributed by atoms with Gasteiger partial charge in [0.1, 0.15) is 0 Å². The van der Waals surface area contributed by atoms with Crippen LogP contribution in [-0.4, -0.2) is 62.2 Å². The van der Waals surface area contributed by atoms with E-state index in [1.165, 1.54) is 13.0 Å². The molecule has 0 amide bonds. The van der Waals surface area contributed by atoms with Crippen molar-refractivity contribution < 1.29 is 0 Å².